The van der Waals surface area contributed by atoms with E-state index in [0.29, 0.717) is 11.3 Å². The number of allylic oxidation sites excluding steroid dienone is 1. The van der Waals surface area contributed by atoms with Crippen molar-refractivity contribution in [1.82, 2.24) is 15.4 Å². The third-order valence-corrected chi connectivity index (χ3v) is 3.78. The molecule has 5 nitrogen and oxygen atoms in total. The van der Waals surface area contributed by atoms with Gasteiger partial charge in [0.1, 0.15) is 10.7 Å². The Morgan fingerprint density at radius 3 is 2.25 bits per heavy atom. The van der Waals surface area contributed by atoms with Crippen molar-refractivity contribution in [3.8, 4) is 0 Å². The molecule has 1 N–H and O–H groups in total. The lowest BCUT2D eigenvalue weighted by Crippen LogP contribution is -2.47. The van der Waals surface area contributed by atoms with E-state index in [1.807, 2.05) is 0 Å². The lowest BCUT2D eigenvalue weighted by atomic mass is 9.99. The molecule has 0 atom stereocenters. The summed E-state index contributed by atoms with van der Waals surface area (Å²) in [5, 5.41) is 16.3. The molecule has 0 unspecified atom stereocenters. The molecule has 6 heteroatoms. The molecule has 0 aromatic carbocycles. The van der Waals surface area contributed by atoms with Crippen LogP contribution in [0.3, 0.4) is 0 Å². The first-order chi connectivity index (χ1) is 9.18. The van der Waals surface area contributed by atoms with E-state index < -0.39 is 11.2 Å². The second-order valence-corrected chi connectivity index (χ2v) is 6.17. The van der Waals surface area contributed by atoms with Gasteiger partial charge in [-0.2, -0.15) is 0 Å². The van der Waals surface area contributed by atoms with E-state index in [9.17, 15) is 10.0 Å². The maximum Gasteiger partial charge on any atom is 0.206 e. The van der Waals surface area contributed by atoms with Crippen LogP contribution in [0.4, 0.5) is 0 Å². The Kier molecular flexibility index (Phi) is 3.62. The van der Waals surface area contributed by atoms with Gasteiger partial charge in [-0.1, -0.05) is 11.6 Å². The van der Waals surface area contributed by atoms with Crippen molar-refractivity contribution in [2.45, 2.75) is 38.9 Å². The number of carbonyl (C=O) groups is 1. The number of hydroxylamine groups is 2. The highest BCUT2D eigenvalue weighted by Crippen LogP contribution is 2.38. The fourth-order valence-electron chi connectivity index (χ4n) is 2.38. The molecular formula is C14H17ClN3O2. The minimum Gasteiger partial charge on any atom is -0.366 e. The molecule has 1 aliphatic heterocycles. The molecule has 0 amide bonds. The van der Waals surface area contributed by atoms with Crippen LogP contribution in [-0.4, -0.2) is 27.0 Å². The van der Waals surface area contributed by atoms with Gasteiger partial charge < -0.3 is 5.32 Å². The molecule has 1 radical (unpaired) electrons. The summed E-state index contributed by atoms with van der Waals surface area (Å²) in [6.45, 7) is 6.96. The summed E-state index contributed by atoms with van der Waals surface area (Å²) in [7, 11) is 0. The molecule has 0 spiro atoms. The van der Waals surface area contributed by atoms with Gasteiger partial charge in [0.05, 0.1) is 11.2 Å². The maximum absolute atomic E-state index is 12.4. The van der Waals surface area contributed by atoms with E-state index >= 15 is 0 Å². The number of halogens is 1. The normalized spacial score (nSPS) is 23.3. The zero-order chi connectivity index (χ0) is 15.1. The molecule has 1 aromatic rings. The monoisotopic (exact) mass is 294 g/mol. The Balaban J connectivity index is 2.45. The average Bonchev–Trinajstić information content (AvgIpc) is 2.58. The molecule has 0 aliphatic carbocycles. The quantitative estimate of drug-likeness (QED) is 0.672. The van der Waals surface area contributed by atoms with Crippen LogP contribution in [0.2, 0.25) is 0 Å². The summed E-state index contributed by atoms with van der Waals surface area (Å²) in [4.78, 5) is 16.2. The van der Waals surface area contributed by atoms with Crippen LogP contribution in [0.25, 0.3) is 0 Å². The Hall–Kier alpha value is -1.43. The van der Waals surface area contributed by atoms with Crippen molar-refractivity contribution in [3.05, 3.63) is 40.8 Å². The van der Waals surface area contributed by atoms with Gasteiger partial charge in [0.2, 0.25) is 5.78 Å². The van der Waals surface area contributed by atoms with Crippen LogP contribution < -0.4 is 5.32 Å². The lowest BCUT2D eigenvalue weighted by Gasteiger charge is -2.29. The highest BCUT2D eigenvalue weighted by Gasteiger charge is 2.50. The number of aromatic nitrogens is 1. The molecule has 0 bridgehead atoms. The zero-order valence-corrected chi connectivity index (χ0v) is 12.7. The van der Waals surface area contributed by atoms with Crippen LogP contribution in [-0.2, 0) is 5.21 Å². The standard InChI is InChI=1S/C14H17ClN3O2/c1-13(2)12(17-14(3,4)18(13)20)10(15)11(19)9-5-7-16-8-6-9/h5-8,17H,1-4H3/b12-10+. The van der Waals surface area contributed by atoms with Crippen LogP contribution in [0, 0.1) is 0 Å². The van der Waals surface area contributed by atoms with Crippen LogP contribution >= 0.6 is 11.6 Å². The van der Waals surface area contributed by atoms with Crippen molar-refractivity contribution in [2.75, 3.05) is 0 Å². The molecule has 2 rings (SSSR count). The van der Waals surface area contributed by atoms with E-state index in [4.69, 9.17) is 11.6 Å². The Labute approximate surface area is 123 Å². The topological polar surface area (TPSA) is 65.1 Å². The summed E-state index contributed by atoms with van der Waals surface area (Å²) in [5.41, 5.74) is -0.806. The number of ketones is 1. The third-order valence-electron chi connectivity index (χ3n) is 3.42. The zero-order valence-electron chi connectivity index (χ0n) is 11.9. The maximum atomic E-state index is 12.4. The van der Waals surface area contributed by atoms with Gasteiger partial charge in [-0.05, 0) is 39.8 Å². The molecule has 0 saturated carbocycles. The first-order valence-electron chi connectivity index (χ1n) is 6.28. The second-order valence-electron chi connectivity index (χ2n) is 5.79. The first kappa shape index (κ1) is 15.0. The van der Waals surface area contributed by atoms with Crippen molar-refractivity contribution in [1.29, 1.82) is 0 Å². The van der Waals surface area contributed by atoms with Gasteiger partial charge in [0, 0.05) is 18.0 Å². The molecule has 1 aliphatic rings. The summed E-state index contributed by atoms with van der Waals surface area (Å²) < 4.78 is 0. The van der Waals surface area contributed by atoms with Crippen LogP contribution in [0.1, 0.15) is 38.1 Å². The number of pyridine rings is 1. The average molecular weight is 295 g/mol. The van der Waals surface area contributed by atoms with Crippen molar-refractivity contribution >= 4 is 17.4 Å². The minimum atomic E-state index is -0.886. The summed E-state index contributed by atoms with van der Waals surface area (Å²) >= 11 is 6.23. The van der Waals surface area contributed by atoms with Gasteiger partial charge in [-0.15, -0.1) is 10.3 Å². The van der Waals surface area contributed by atoms with Crippen LogP contribution in [0.5, 0.6) is 0 Å². The fraction of sp³-hybridized carbons (Fsp3) is 0.429. The third kappa shape index (κ3) is 2.32. The predicted molar refractivity (Wildman–Crippen MR) is 75.3 cm³/mol. The number of hydrogen-bond donors (Lipinski definition) is 1. The SMILES string of the molecule is CC1(C)N/C(=C(/Cl)C(=O)c2ccncc2)C(C)(C)N1[O]. The fourth-order valence-corrected chi connectivity index (χ4v) is 2.76. The first-order valence-corrected chi connectivity index (χ1v) is 6.66. The van der Waals surface area contributed by atoms with Gasteiger partial charge in [-0.25, -0.2) is 0 Å². The van der Waals surface area contributed by atoms with Gasteiger partial charge in [0.15, 0.2) is 0 Å². The largest absolute Gasteiger partial charge is 0.366 e. The van der Waals surface area contributed by atoms with Crippen molar-refractivity contribution in [2.24, 2.45) is 0 Å². The molecule has 20 heavy (non-hydrogen) atoms. The Bertz CT molecular complexity index is 567. The van der Waals surface area contributed by atoms with Gasteiger partial charge in [0.25, 0.3) is 0 Å². The highest BCUT2D eigenvalue weighted by molar-refractivity contribution is 6.45. The number of nitrogens with zero attached hydrogens (tertiary/aromatic N) is 2. The number of carbonyl (C=O) groups excluding carboxylic acids is 1. The van der Waals surface area contributed by atoms with Crippen LogP contribution in [0.15, 0.2) is 35.3 Å². The summed E-state index contributed by atoms with van der Waals surface area (Å²) in [6, 6.07) is 3.18. The van der Waals surface area contributed by atoms with Crippen molar-refractivity contribution < 1.29 is 10.0 Å². The molecule has 1 fully saturated rings. The Morgan fingerprint density at radius 1 is 1.25 bits per heavy atom. The molecule has 1 saturated heterocycles. The second kappa shape index (κ2) is 4.84. The minimum absolute atomic E-state index is 0.0348. The number of Topliss-reactive ketones (excluding diaryl/α,β-unsaturated/α-hetero) is 1. The smallest absolute Gasteiger partial charge is 0.206 e. The van der Waals surface area contributed by atoms with E-state index in [0.717, 1.165) is 5.06 Å². The van der Waals surface area contributed by atoms with E-state index in [1.165, 1.54) is 12.4 Å². The van der Waals surface area contributed by atoms with E-state index in [-0.39, 0.29) is 10.8 Å². The summed E-state index contributed by atoms with van der Waals surface area (Å²) in [5.74, 6) is -0.323. The number of hydrogen-bond acceptors (Lipinski definition) is 4. The Morgan fingerprint density at radius 2 is 1.80 bits per heavy atom. The van der Waals surface area contributed by atoms with Gasteiger partial charge >= 0.3 is 0 Å². The molecular weight excluding hydrogens is 278 g/mol. The van der Waals surface area contributed by atoms with Gasteiger partial charge in [-0.3, -0.25) is 9.78 Å². The number of nitrogens with one attached hydrogen (secondary N) is 1. The molecule has 1 aromatic heterocycles. The molecule has 2 heterocycles. The predicted octanol–water partition coefficient (Wildman–Crippen LogP) is 2.48. The number of rotatable bonds is 2. The van der Waals surface area contributed by atoms with E-state index in [2.05, 4.69) is 10.3 Å². The molecule has 107 valence electrons. The summed E-state index contributed by atoms with van der Waals surface area (Å²) in [6.07, 6.45) is 3.05. The highest BCUT2D eigenvalue weighted by atomic mass is 35.5. The van der Waals surface area contributed by atoms with E-state index in [1.54, 1.807) is 39.8 Å². The lowest BCUT2D eigenvalue weighted by molar-refractivity contribution is -0.243. The van der Waals surface area contributed by atoms with Crippen molar-refractivity contribution in [3.63, 3.8) is 0 Å².